The molecule has 2 aromatic carbocycles. The van der Waals surface area contributed by atoms with Gasteiger partial charge in [-0.25, -0.2) is 4.98 Å². The van der Waals surface area contributed by atoms with E-state index < -0.39 is 82.7 Å². The number of aromatic hydroxyl groups is 1. The second kappa shape index (κ2) is 20.9. The van der Waals surface area contributed by atoms with E-state index in [0.29, 0.717) is 30.0 Å². The third-order valence-electron chi connectivity index (χ3n) is 14.1. The van der Waals surface area contributed by atoms with Crippen LogP contribution in [0.1, 0.15) is 92.1 Å². The first-order valence-electron chi connectivity index (χ1n) is 23.4. The van der Waals surface area contributed by atoms with Crippen molar-refractivity contribution in [3.05, 3.63) is 75.7 Å². The van der Waals surface area contributed by atoms with Gasteiger partial charge in [0.05, 0.1) is 59.6 Å². The number of carbonyl (C=O) groups is 3. The van der Waals surface area contributed by atoms with Gasteiger partial charge in [0, 0.05) is 73.5 Å². The lowest BCUT2D eigenvalue weighted by Gasteiger charge is -2.42. The number of aliphatic hydroxyl groups is 2. The SMILES string of the molecule is CO[C@H]1/C=C/O[C@@]2(C)Oc3c(C)c(O)c4c(=O)c(c5oc6cc(OCC[N+](SC)(C(C)C)C(C)C)ccc6nc-5c4c3C2=O)NC(=O)/C(C)=C\C=C\[C@H](C)[C@H](O)[C@@H](C)[C@@H](O)[C@@H](C)[C@H](OC(C)=O)[C@@H]1C. The molecule has 0 fully saturated rings. The third-order valence-corrected chi connectivity index (χ3v) is 15.8. The molecule has 69 heavy (non-hydrogen) atoms. The molecule has 0 saturated carbocycles. The van der Waals surface area contributed by atoms with E-state index in [2.05, 4.69) is 39.3 Å². The minimum atomic E-state index is -2.05. The summed E-state index contributed by atoms with van der Waals surface area (Å²) in [5.74, 6) is -6.80. The minimum Gasteiger partial charge on any atom is -0.507 e. The number of carbonyl (C=O) groups excluding carboxylic acids is 3. The first kappa shape index (κ1) is 52.9. The molecule has 4 bridgehead atoms. The maximum atomic E-state index is 14.9. The fourth-order valence-corrected chi connectivity index (χ4v) is 10.9. The first-order valence-corrected chi connectivity index (χ1v) is 24.6. The quantitative estimate of drug-likeness (QED) is 0.0409. The number of phenolic OH excluding ortho intramolecular Hbond substituents is 1. The van der Waals surface area contributed by atoms with Gasteiger partial charge in [-0.1, -0.05) is 45.9 Å². The average Bonchev–Trinajstić information content (AvgIpc) is 3.57. The van der Waals surface area contributed by atoms with Crippen LogP contribution in [0, 0.1) is 30.6 Å². The molecular weight excluding hydrogens is 907 g/mol. The molecule has 9 atom stereocenters. The van der Waals surface area contributed by atoms with Crippen LogP contribution in [0.4, 0.5) is 5.69 Å². The summed E-state index contributed by atoms with van der Waals surface area (Å²) >= 11 is 1.77. The van der Waals surface area contributed by atoms with E-state index in [1.807, 2.05) is 0 Å². The number of hydrogen-bond donors (Lipinski definition) is 4. The molecule has 374 valence electrons. The number of ether oxygens (including phenoxy) is 5. The Balaban J connectivity index is 1.55. The van der Waals surface area contributed by atoms with Crippen LogP contribution >= 0.6 is 11.9 Å². The highest BCUT2D eigenvalue weighted by molar-refractivity contribution is 7.93. The Morgan fingerprint density at radius 3 is 2.29 bits per heavy atom. The molecule has 0 radical (unpaired) electrons. The predicted molar refractivity (Wildman–Crippen MR) is 265 cm³/mol. The highest BCUT2D eigenvalue weighted by Crippen LogP contribution is 2.50. The molecule has 0 spiro atoms. The first-order chi connectivity index (χ1) is 32.4. The standard InChI is InChI=1S/C52H67N3O13S/c1-25(2)55(69-14,26(3)4)21-23-64-34-18-19-35-37(24-34)67-49-41(53-35)38-39-45(59)32(10)48-40(38)50(61)52(12,68-48)65-22-20-36(63-13)29(7)47(66-33(11)56)31(9)44(58)30(8)43(57)27(5)16-15-17-28(6)51(62)54-42(49)46(39)60/h15-20,22,24-27,29-31,36,43-44,47,57-58H,21,23H2,1-14H3,(H-,53,54,59,60,61,62)/p+1/b16-15+,22-20+,28-17-/t27-,29+,30+,31+,36-,43-,44+,47+,52-/m0/s1. The highest BCUT2D eigenvalue weighted by atomic mass is 32.2. The number of anilines is 1. The van der Waals surface area contributed by atoms with Crippen LogP contribution in [0.3, 0.4) is 0 Å². The van der Waals surface area contributed by atoms with E-state index in [1.165, 1.54) is 53.2 Å². The number of rotatable bonds is 9. The van der Waals surface area contributed by atoms with Crippen LogP contribution in [0.5, 0.6) is 17.2 Å². The van der Waals surface area contributed by atoms with Crippen LogP contribution in [-0.4, -0.2) is 111 Å². The summed E-state index contributed by atoms with van der Waals surface area (Å²) in [6, 6.07) is 5.74. The number of ketones is 1. The summed E-state index contributed by atoms with van der Waals surface area (Å²) in [4.78, 5) is 61.1. The second-order valence-electron chi connectivity index (χ2n) is 19.2. The number of aliphatic hydroxyl groups excluding tert-OH is 2. The summed E-state index contributed by atoms with van der Waals surface area (Å²) in [5, 5.41) is 37.3. The van der Waals surface area contributed by atoms with Gasteiger partial charge in [-0.3, -0.25) is 23.1 Å². The Morgan fingerprint density at radius 2 is 1.67 bits per heavy atom. The van der Waals surface area contributed by atoms with Crippen molar-refractivity contribution in [3.63, 3.8) is 0 Å². The Kier molecular flexibility index (Phi) is 16.0. The molecule has 3 heterocycles. The largest absolute Gasteiger partial charge is 0.507 e. The van der Waals surface area contributed by atoms with Gasteiger partial charge in [-0.15, -0.1) is 0 Å². The molecule has 4 aliphatic rings. The molecule has 4 N–H and O–H groups in total. The van der Waals surface area contributed by atoms with E-state index >= 15 is 0 Å². The van der Waals surface area contributed by atoms with E-state index in [1.54, 1.807) is 70.0 Å². The number of Topliss-reactive ketones (excluding diaryl/α,β-unsaturated/α-hetero) is 1. The van der Waals surface area contributed by atoms with Crippen molar-refractivity contribution in [2.45, 2.75) is 125 Å². The van der Waals surface area contributed by atoms with Crippen molar-refractivity contribution in [1.29, 1.82) is 0 Å². The third kappa shape index (κ3) is 9.98. The number of benzene rings is 3. The molecule has 1 amide bonds. The average molecular weight is 975 g/mol. The molecule has 3 aliphatic heterocycles. The molecule has 17 heteroatoms. The van der Waals surface area contributed by atoms with Crippen molar-refractivity contribution in [2.75, 3.05) is 31.8 Å². The van der Waals surface area contributed by atoms with Crippen LogP contribution in [0.15, 0.2) is 63.6 Å². The highest BCUT2D eigenvalue weighted by Gasteiger charge is 2.50. The smallest absolute Gasteiger partial charge is 0.312 e. The monoisotopic (exact) mass is 974 g/mol. The molecule has 0 unspecified atom stereocenters. The summed E-state index contributed by atoms with van der Waals surface area (Å²) in [6.45, 7) is 22.5. The predicted octanol–water partition coefficient (Wildman–Crippen LogP) is 8.24. The van der Waals surface area contributed by atoms with Gasteiger partial charge in [0.2, 0.25) is 5.43 Å². The number of methoxy groups -OCH3 is 1. The number of esters is 1. The van der Waals surface area contributed by atoms with E-state index in [4.69, 9.17) is 33.1 Å². The number of phenols is 1. The van der Waals surface area contributed by atoms with Crippen LogP contribution in [-0.2, 0) is 23.8 Å². The van der Waals surface area contributed by atoms with Gasteiger partial charge < -0.3 is 48.7 Å². The van der Waals surface area contributed by atoms with Gasteiger partial charge >= 0.3 is 11.8 Å². The van der Waals surface area contributed by atoms with Gasteiger partial charge in [0.1, 0.15) is 53.4 Å². The van der Waals surface area contributed by atoms with Gasteiger partial charge in [0.25, 0.3) is 11.7 Å². The molecule has 0 aromatic heterocycles. The number of aromatic nitrogens is 1. The zero-order chi connectivity index (χ0) is 51.0. The lowest BCUT2D eigenvalue weighted by atomic mass is 9.78. The van der Waals surface area contributed by atoms with E-state index in [9.17, 15) is 34.5 Å². The zero-order valence-electron chi connectivity index (χ0n) is 42.0. The minimum absolute atomic E-state index is 0.0192. The van der Waals surface area contributed by atoms with E-state index in [-0.39, 0.29) is 55.9 Å². The Bertz CT molecular complexity index is 2720. The molecule has 16 nitrogen and oxygen atoms in total. The van der Waals surface area contributed by atoms with E-state index in [0.717, 1.165) is 10.4 Å². The van der Waals surface area contributed by atoms with Gasteiger partial charge in [-0.05, 0) is 59.8 Å². The molecule has 2 aromatic rings. The Morgan fingerprint density at radius 1 is 0.986 bits per heavy atom. The normalized spacial score (nSPS) is 27.9. The Hall–Kier alpha value is -5.46. The number of hydrogen-bond acceptors (Lipinski definition) is 15. The summed E-state index contributed by atoms with van der Waals surface area (Å²) in [6.07, 6.45) is 5.70. The summed E-state index contributed by atoms with van der Waals surface area (Å²) < 4.78 is 37.6. The van der Waals surface area contributed by atoms with Crippen LogP contribution in [0.2, 0.25) is 0 Å². The van der Waals surface area contributed by atoms with Crippen molar-refractivity contribution in [2.24, 2.45) is 23.7 Å². The Labute approximate surface area is 407 Å². The fourth-order valence-electron chi connectivity index (χ4n) is 9.81. The number of nitrogens with one attached hydrogen (secondary N) is 1. The zero-order valence-corrected chi connectivity index (χ0v) is 42.8. The second-order valence-corrected chi connectivity index (χ2v) is 20.2. The number of allylic oxidation sites excluding steroid dienone is 2. The lowest BCUT2D eigenvalue weighted by molar-refractivity contribution is -0.840. The number of amides is 1. The maximum Gasteiger partial charge on any atom is 0.312 e. The lowest BCUT2D eigenvalue weighted by Crippen LogP contribution is -2.53. The van der Waals surface area contributed by atoms with Gasteiger partial charge in [0.15, 0.2) is 11.3 Å². The maximum absolute atomic E-state index is 14.9. The van der Waals surface area contributed by atoms with Crippen molar-refractivity contribution in [3.8, 4) is 28.7 Å². The topological polar surface area (TPSA) is 213 Å². The molecule has 0 saturated heterocycles. The molecule has 1 aliphatic carbocycles. The molecular formula is C52H68N3O13S+. The van der Waals surface area contributed by atoms with Crippen molar-refractivity contribution < 1.29 is 61.7 Å². The number of quaternary nitrogens is 1. The number of nitrogens with zero attached hydrogens (tertiary/aromatic N) is 2. The van der Waals surface area contributed by atoms with Crippen LogP contribution in [0.25, 0.3) is 33.3 Å². The number of fused-ring (bicyclic) bond motifs is 2. The summed E-state index contributed by atoms with van der Waals surface area (Å²) in [7, 11) is 1.45. The van der Waals surface area contributed by atoms with Crippen LogP contribution < -0.4 is 20.2 Å². The van der Waals surface area contributed by atoms with Gasteiger partial charge in [-0.2, -0.15) is 0 Å². The molecule has 6 rings (SSSR count). The van der Waals surface area contributed by atoms with Crippen molar-refractivity contribution in [1.82, 2.24) is 4.98 Å². The summed E-state index contributed by atoms with van der Waals surface area (Å²) in [5.41, 5.74) is -0.543. The fraction of sp³-hybridized carbons (Fsp3) is 0.519. The van der Waals surface area contributed by atoms with Crippen molar-refractivity contribution >= 4 is 57.2 Å².